The van der Waals surface area contributed by atoms with Crippen molar-refractivity contribution in [2.24, 2.45) is 0 Å². The number of amides is 1. The zero-order valence-corrected chi connectivity index (χ0v) is 16.5. The van der Waals surface area contributed by atoms with E-state index in [1.54, 1.807) is 11.8 Å². The molecule has 154 valence electrons. The molecule has 4 rings (SSSR count). The Morgan fingerprint density at radius 1 is 1.14 bits per heavy atom. The fourth-order valence-corrected chi connectivity index (χ4v) is 4.34. The fourth-order valence-electron chi connectivity index (χ4n) is 4.34. The molecule has 7 nitrogen and oxygen atoms in total. The van der Waals surface area contributed by atoms with E-state index >= 15 is 0 Å². The van der Waals surface area contributed by atoms with Crippen molar-refractivity contribution in [2.45, 2.75) is 25.0 Å². The summed E-state index contributed by atoms with van der Waals surface area (Å²) in [7, 11) is 0. The molecule has 1 N–H and O–H groups in total. The van der Waals surface area contributed by atoms with Crippen LogP contribution in [-0.4, -0.2) is 66.2 Å². The number of ether oxygens (including phenoxy) is 1. The van der Waals surface area contributed by atoms with Gasteiger partial charge in [0.1, 0.15) is 11.4 Å². The average Bonchev–Trinajstić information content (AvgIpc) is 2.74. The first-order valence-corrected chi connectivity index (χ1v) is 9.98. The van der Waals surface area contributed by atoms with Gasteiger partial charge in [0.15, 0.2) is 11.2 Å². The molecule has 0 aliphatic carbocycles. The predicted molar refractivity (Wildman–Crippen MR) is 107 cm³/mol. The van der Waals surface area contributed by atoms with E-state index in [2.05, 4.69) is 4.90 Å². The molecule has 2 aliphatic heterocycles. The molecule has 0 unspecified atom stereocenters. The summed E-state index contributed by atoms with van der Waals surface area (Å²) in [6, 6.07) is 12.0. The second-order valence-corrected chi connectivity index (χ2v) is 7.72. The van der Waals surface area contributed by atoms with Crippen molar-refractivity contribution in [2.75, 3.05) is 39.4 Å². The lowest BCUT2D eigenvalue weighted by Gasteiger charge is -2.50. The lowest BCUT2D eigenvalue weighted by Crippen LogP contribution is -2.63. The van der Waals surface area contributed by atoms with E-state index in [-0.39, 0.29) is 23.1 Å². The van der Waals surface area contributed by atoms with Crippen molar-refractivity contribution in [1.29, 1.82) is 0 Å². The topological polar surface area (TPSA) is 83.2 Å². The lowest BCUT2D eigenvalue weighted by molar-refractivity contribution is -0.113. The van der Waals surface area contributed by atoms with Crippen LogP contribution in [0.3, 0.4) is 0 Å². The maximum Gasteiger partial charge on any atom is 0.289 e. The van der Waals surface area contributed by atoms with Gasteiger partial charge in [-0.15, -0.1) is 0 Å². The van der Waals surface area contributed by atoms with Crippen LogP contribution in [0, 0.1) is 6.92 Å². The Balaban J connectivity index is 1.64. The second-order valence-electron chi connectivity index (χ2n) is 7.72. The van der Waals surface area contributed by atoms with Gasteiger partial charge < -0.3 is 19.2 Å². The van der Waals surface area contributed by atoms with Gasteiger partial charge in [0.25, 0.3) is 5.91 Å². The number of carbonyl (C=O) groups is 1. The van der Waals surface area contributed by atoms with Gasteiger partial charge in [-0.3, -0.25) is 14.5 Å². The molecule has 1 amide bonds. The SMILES string of the molecule is Cc1cc(=O)cc(C(=O)N2CC[C@](O)(c3ccccc3)[C@H](N3CCOCC3)C2)o1. The molecule has 0 radical (unpaired) electrons. The van der Waals surface area contributed by atoms with Gasteiger partial charge in [-0.05, 0) is 18.9 Å². The maximum absolute atomic E-state index is 13.0. The molecule has 29 heavy (non-hydrogen) atoms. The third kappa shape index (κ3) is 3.99. The Bertz CT molecular complexity index is 922. The summed E-state index contributed by atoms with van der Waals surface area (Å²) in [6.07, 6.45) is 0.404. The molecule has 2 atom stereocenters. The Kier molecular flexibility index (Phi) is 5.54. The minimum atomic E-state index is -1.07. The zero-order valence-electron chi connectivity index (χ0n) is 16.5. The molecule has 1 aromatic carbocycles. The Morgan fingerprint density at radius 3 is 2.55 bits per heavy atom. The van der Waals surface area contributed by atoms with Gasteiger partial charge in [0.2, 0.25) is 0 Å². The molecular formula is C22H26N2O5. The van der Waals surface area contributed by atoms with Crippen LogP contribution >= 0.6 is 0 Å². The van der Waals surface area contributed by atoms with Crippen molar-refractivity contribution in [1.82, 2.24) is 9.80 Å². The number of piperidine rings is 1. The van der Waals surface area contributed by atoms with Crippen LogP contribution in [0.1, 0.15) is 28.3 Å². The summed E-state index contributed by atoms with van der Waals surface area (Å²) >= 11 is 0. The molecule has 2 aromatic rings. The Labute approximate surface area is 169 Å². The second kappa shape index (κ2) is 8.10. The highest BCUT2D eigenvalue weighted by Gasteiger charge is 2.47. The van der Waals surface area contributed by atoms with Crippen molar-refractivity contribution >= 4 is 5.91 Å². The van der Waals surface area contributed by atoms with E-state index in [9.17, 15) is 14.7 Å². The van der Waals surface area contributed by atoms with E-state index in [1.165, 1.54) is 12.1 Å². The van der Waals surface area contributed by atoms with Crippen LogP contribution in [0.25, 0.3) is 0 Å². The summed E-state index contributed by atoms with van der Waals surface area (Å²) in [6.45, 7) is 4.97. The van der Waals surface area contributed by atoms with Crippen molar-refractivity contribution < 1.29 is 19.1 Å². The van der Waals surface area contributed by atoms with E-state index in [0.29, 0.717) is 51.6 Å². The number of aliphatic hydroxyl groups is 1. The smallest absolute Gasteiger partial charge is 0.289 e. The highest BCUT2D eigenvalue weighted by Crippen LogP contribution is 2.36. The number of rotatable bonds is 3. The number of hydrogen-bond acceptors (Lipinski definition) is 6. The van der Waals surface area contributed by atoms with Crippen molar-refractivity contribution in [3.8, 4) is 0 Å². The molecule has 2 saturated heterocycles. The van der Waals surface area contributed by atoms with Gasteiger partial charge in [0, 0.05) is 38.3 Å². The van der Waals surface area contributed by atoms with E-state index in [1.807, 2.05) is 30.3 Å². The first-order valence-electron chi connectivity index (χ1n) is 9.98. The largest absolute Gasteiger partial charge is 0.456 e. The van der Waals surface area contributed by atoms with E-state index in [0.717, 1.165) is 5.56 Å². The van der Waals surface area contributed by atoms with Gasteiger partial charge in [-0.2, -0.15) is 0 Å². The zero-order chi connectivity index (χ0) is 20.4. The number of carbonyl (C=O) groups excluding carboxylic acids is 1. The Morgan fingerprint density at radius 2 is 1.86 bits per heavy atom. The lowest BCUT2D eigenvalue weighted by atomic mass is 9.79. The van der Waals surface area contributed by atoms with Crippen molar-refractivity contribution in [3.05, 3.63) is 69.8 Å². The molecule has 2 aliphatic rings. The summed E-state index contributed by atoms with van der Waals surface area (Å²) in [5, 5.41) is 11.7. The van der Waals surface area contributed by atoms with Gasteiger partial charge in [-0.25, -0.2) is 0 Å². The fraction of sp³-hybridized carbons (Fsp3) is 0.455. The molecule has 0 bridgehead atoms. The van der Waals surface area contributed by atoms with Crippen LogP contribution in [0.5, 0.6) is 0 Å². The third-order valence-electron chi connectivity index (χ3n) is 5.86. The monoisotopic (exact) mass is 398 g/mol. The summed E-state index contributed by atoms with van der Waals surface area (Å²) in [5.41, 5.74) is -0.465. The number of benzene rings is 1. The van der Waals surface area contributed by atoms with Gasteiger partial charge >= 0.3 is 0 Å². The molecule has 0 saturated carbocycles. The standard InChI is InChI=1S/C22H26N2O5/c1-16-13-18(25)14-19(29-16)21(26)24-8-7-22(27,17-5-3-2-4-6-17)20(15-24)23-9-11-28-12-10-23/h2-6,13-14,20,27H,7-12,15H2,1H3/t20-,22+/m1/s1. The van der Waals surface area contributed by atoms with Crippen LogP contribution in [0.15, 0.2) is 51.7 Å². The van der Waals surface area contributed by atoms with Crippen LogP contribution < -0.4 is 5.43 Å². The first-order chi connectivity index (χ1) is 14.0. The molecule has 7 heteroatoms. The summed E-state index contributed by atoms with van der Waals surface area (Å²) in [5.74, 6) is 0.128. The first kappa shape index (κ1) is 19.8. The van der Waals surface area contributed by atoms with Crippen LogP contribution in [0.4, 0.5) is 0 Å². The summed E-state index contributed by atoms with van der Waals surface area (Å²) in [4.78, 5) is 28.7. The van der Waals surface area contributed by atoms with Gasteiger partial charge in [0.05, 0.1) is 19.3 Å². The molecule has 1 aromatic heterocycles. The van der Waals surface area contributed by atoms with E-state index < -0.39 is 5.60 Å². The number of hydrogen-bond donors (Lipinski definition) is 1. The number of likely N-dealkylation sites (tertiary alicyclic amines) is 1. The molecule has 0 spiro atoms. The maximum atomic E-state index is 13.0. The minimum absolute atomic E-state index is 0.0425. The minimum Gasteiger partial charge on any atom is -0.456 e. The van der Waals surface area contributed by atoms with Crippen LogP contribution in [0.2, 0.25) is 0 Å². The van der Waals surface area contributed by atoms with Gasteiger partial charge in [-0.1, -0.05) is 30.3 Å². The normalized spacial score (nSPS) is 25.7. The predicted octanol–water partition coefficient (Wildman–Crippen LogP) is 1.38. The average molecular weight is 398 g/mol. The summed E-state index contributed by atoms with van der Waals surface area (Å²) < 4.78 is 11.0. The molecule has 3 heterocycles. The third-order valence-corrected chi connectivity index (χ3v) is 5.86. The Hall–Kier alpha value is -2.48. The number of aryl methyl sites for hydroxylation is 1. The van der Waals surface area contributed by atoms with E-state index in [4.69, 9.17) is 9.15 Å². The van der Waals surface area contributed by atoms with Crippen molar-refractivity contribution in [3.63, 3.8) is 0 Å². The highest BCUT2D eigenvalue weighted by molar-refractivity contribution is 5.91. The highest BCUT2D eigenvalue weighted by atomic mass is 16.5. The number of nitrogens with zero attached hydrogens (tertiary/aromatic N) is 2. The molecule has 2 fully saturated rings. The molecular weight excluding hydrogens is 372 g/mol. The number of morpholine rings is 1. The van der Waals surface area contributed by atoms with Crippen LogP contribution in [-0.2, 0) is 10.3 Å². The quantitative estimate of drug-likeness (QED) is 0.841.